The molecule has 0 heterocycles. The van der Waals surface area contributed by atoms with Crippen molar-refractivity contribution in [3.05, 3.63) is 34.9 Å². The van der Waals surface area contributed by atoms with Gasteiger partial charge in [-0.15, -0.1) is 0 Å². The zero-order valence-electron chi connectivity index (χ0n) is 9.13. The van der Waals surface area contributed by atoms with Gasteiger partial charge in [-0.05, 0) is 23.6 Å². The summed E-state index contributed by atoms with van der Waals surface area (Å²) in [4.78, 5) is 0. The van der Waals surface area contributed by atoms with Crippen LogP contribution in [0.3, 0.4) is 0 Å². The van der Waals surface area contributed by atoms with Gasteiger partial charge in [-0.1, -0.05) is 53.5 Å². The summed E-state index contributed by atoms with van der Waals surface area (Å²) >= 11 is 9.44. The van der Waals surface area contributed by atoms with Crippen LogP contribution in [0.2, 0.25) is 5.02 Å². The summed E-state index contributed by atoms with van der Waals surface area (Å²) in [7, 11) is 0. The summed E-state index contributed by atoms with van der Waals surface area (Å²) in [5, 5.41) is 5.28. The molecule has 0 aliphatic carbocycles. The lowest BCUT2D eigenvalue weighted by molar-refractivity contribution is 0.434. The van der Waals surface area contributed by atoms with Gasteiger partial charge in [0.1, 0.15) is 0 Å². The van der Waals surface area contributed by atoms with E-state index in [0.717, 1.165) is 16.9 Å². The molecule has 0 fully saturated rings. The van der Waals surface area contributed by atoms with E-state index in [4.69, 9.17) is 11.6 Å². The molecular formula is C12H17BrClN. The molecule has 1 unspecified atom stereocenters. The molecule has 0 aromatic heterocycles. The molecule has 0 aliphatic rings. The van der Waals surface area contributed by atoms with Crippen LogP contribution in [-0.2, 0) is 6.54 Å². The second-order valence-electron chi connectivity index (χ2n) is 4.02. The van der Waals surface area contributed by atoms with Crippen molar-refractivity contribution in [1.82, 2.24) is 5.32 Å². The maximum atomic E-state index is 5.92. The standard InChI is InChI=1S/C12H17BrClN/c1-9(2)12(7-13)15-8-10-4-3-5-11(14)6-10/h3-6,9,12,15H,7-8H2,1-2H3. The summed E-state index contributed by atoms with van der Waals surface area (Å²) in [6.45, 7) is 5.31. The quantitative estimate of drug-likeness (QED) is 0.812. The Hall–Kier alpha value is -0.0500. The fourth-order valence-electron chi connectivity index (χ4n) is 1.36. The second-order valence-corrected chi connectivity index (χ2v) is 5.10. The van der Waals surface area contributed by atoms with Crippen LogP contribution in [0.1, 0.15) is 19.4 Å². The largest absolute Gasteiger partial charge is 0.309 e. The Bertz CT molecular complexity index is 301. The van der Waals surface area contributed by atoms with Crippen molar-refractivity contribution in [2.45, 2.75) is 26.4 Å². The lowest BCUT2D eigenvalue weighted by Gasteiger charge is -2.19. The minimum absolute atomic E-state index is 0.504. The van der Waals surface area contributed by atoms with Crippen LogP contribution in [0, 0.1) is 5.92 Å². The Morgan fingerprint density at radius 3 is 2.67 bits per heavy atom. The maximum absolute atomic E-state index is 5.92. The SMILES string of the molecule is CC(C)C(CBr)NCc1cccc(Cl)c1. The van der Waals surface area contributed by atoms with Gasteiger partial charge in [-0.25, -0.2) is 0 Å². The Kier molecular flexibility index (Phi) is 5.65. The second kappa shape index (κ2) is 6.51. The van der Waals surface area contributed by atoms with Gasteiger partial charge in [0, 0.05) is 22.9 Å². The van der Waals surface area contributed by atoms with Gasteiger partial charge in [-0.2, -0.15) is 0 Å². The number of benzene rings is 1. The third kappa shape index (κ3) is 4.54. The number of alkyl halides is 1. The van der Waals surface area contributed by atoms with Crippen molar-refractivity contribution in [3.63, 3.8) is 0 Å². The molecule has 1 nitrogen and oxygen atoms in total. The predicted molar refractivity (Wildman–Crippen MR) is 70.7 cm³/mol. The Morgan fingerprint density at radius 2 is 2.13 bits per heavy atom. The molecule has 15 heavy (non-hydrogen) atoms. The molecule has 0 saturated carbocycles. The summed E-state index contributed by atoms with van der Waals surface area (Å²) in [6.07, 6.45) is 0. The first kappa shape index (κ1) is 13.0. The van der Waals surface area contributed by atoms with Gasteiger partial charge < -0.3 is 5.32 Å². The highest BCUT2D eigenvalue weighted by Crippen LogP contribution is 2.11. The Labute approximate surface area is 105 Å². The molecule has 0 aliphatic heterocycles. The number of halogens is 2. The zero-order valence-corrected chi connectivity index (χ0v) is 11.5. The van der Waals surface area contributed by atoms with E-state index in [1.165, 1.54) is 5.56 Å². The lowest BCUT2D eigenvalue weighted by Crippen LogP contribution is -2.34. The maximum Gasteiger partial charge on any atom is 0.0409 e. The molecule has 0 saturated heterocycles. The number of rotatable bonds is 5. The number of hydrogen-bond donors (Lipinski definition) is 1. The molecule has 1 aromatic rings. The first-order chi connectivity index (χ1) is 7.13. The molecule has 0 amide bonds. The fraction of sp³-hybridized carbons (Fsp3) is 0.500. The fourth-order valence-corrected chi connectivity index (χ4v) is 2.55. The van der Waals surface area contributed by atoms with E-state index in [9.17, 15) is 0 Å². The molecule has 1 rings (SSSR count). The first-order valence-corrected chi connectivity index (χ1v) is 6.67. The third-order valence-corrected chi connectivity index (χ3v) is 3.36. The molecule has 1 N–H and O–H groups in total. The average molecular weight is 291 g/mol. The Morgan fingerprint density at radius 1 is 1.40 bits per heavy atom. The third-order valence-electron chi connectivity index (χ3n) is 2.43. The predicted octanol–water partition coefficient (Wildman–Crippen LogP) is 3.85. The molecule has 84 valence electrons. The summed E-state index contributed by atoms with van der Waals surface area (Å²) in [6, 6.07) is 8.47. The van der Waals surface area contributed by atoms with E-state index >= 15 is 0 Å². The van der Waals surface area contributed by atoms with Crippen molar-refractivity contribution in [2.75, 3.05) is 5.33 Å². The molecule has 0 radical (unpaired) electrons. The van der Waals surface area contributed by atoms with Crippen LogP contribution in [0.25, 0.3) is 0 Å². The van der Waals surface area contributed by atoms with Gasteiger partial charge >= 0.3 is 0 Å². The van der Waals surface area contributed by atoms with E-state index < -0.39 is 0 Å². The normalized spacial score (nSPS) is 13.1. The lowest BCUT2D eigenvalue weighted by atomic mass is 10.1. The van der Waals surface area contributed by atoms with Gasteiger partial charge in [0.2, 0.25) is 0 Å². The topological polar surface area (TPSA) is 12.0 Å². The minimum atomic E-state index is 0.504. The summed E-state index contributed by atoms with van der Waals surface area (Å²) in [5.74, 6) is 0.628. The van der Waals surface area contributed by atoms with Gasteiger partial charge in [0.15, 0.2) is 0 Å². The van der Waals surface area contributed by atoms with E-state index in [1.807, 2.05) is 18.2 Å². The van der Waals surface area contributed by atoms with Crippen LogP contribution in [0.15, 0.2) is 24.3 Å². The van der Waals surface area contributed by atoms with Crippen LogP contribution in [0.5, 0.6) is 0 Å². The van der Waals surface area contributed by atoms with Crippen molar-refractivity contribution in [2.24, 2.45) is 5.92 Å². The summed E-state index contributed by atoms with van der Waals surface area (Å²) in [5.41, 5.74) is 1.23. The van der Waals surface area contributed by atoms with Crippen molar-refractivity contribution in [1.29, 1.82) is 0 Å². The van der Waals surface area contributed by atoms with Crippen molar-refractivity contribution >= 4 is 27.5 Å². The van der Waals surface area contributed by atoms with Crippen LogP contribution < -0.4 is 5.32 Å². The highest BCUT2D eigenvalue weighted by molar-refractivity contribution is 9.09. The molecular weight excluding hydrogens is 273 g/mol. The van der Waals surface area contributed by atoms with Gasteiger partial charge in [-0.3, -0.25) is 0 Å². The Balaban J connectivity index is 2.49. The average Bonchev–Trinajstić information content (AvgIpc) is 2.18. The van der Waals surface area contributed by atoms with E-state index in [-0.39, 0.29) is 0 Å². The first-order valence-electron chi connectivity index (χ1n) is 5.17. The molecule has 0 bridgehead atoms. The minimum Gasteiger partial charge on any atom is -0.309 e. The van der Waals surface area contributed by atoms with Crippen molar-refractivity contribution < 1.29 is 0 Å². The van der Waals surface area contributed by atoms with E-state index in [0.29, 0.717) is 12.0 Å². The number of hydrogen-bond acceptors (Lipinski definition) is 1. The van der Waals surface area contributed by atoms with E-state index in [2.05, 4.69) is 41.2 Å². The van der Waals surface area contributed by atoms with Crippen LogP contribution >= 0.6 is 27.5 Å². The van der Waals surface area contributed by atoms with Crippen LogP contribution in [-0.4, -0.2) is 11.4 Å². The van der Waals surface area contributed by atoms with Gasteiger partial charge in [0.05, 0.1) is 0 Å². The van der Waals surface area contributed by atoms with Gasteiger partial charge in [0.25, 0.3) is 0 Å². The van der Waals surface area contributed by atoms with Crippen molar-refractivity contribution in [3.8, 4) is 0 Å². The molecule has 3 heteroatoms. The van der Waals surface area contributed by atoms with E-state index in [1.54, 1.807) is 0 Å². The molecule has 1 aromatic carbocycles. The number of nitrogens with one attached hydrogen (secondary N) is 1. The highest BCUT2D eigenvalue weighted by atomic mass is 79.9. The summed E-state index contributed by atoms with van der Waals surface area (Å²) < 4.78 is 0. The highest BCUT2D eigenvalue weighted by Gasteiger charge is 2.10. The van der Waals surface area contributed by atoms with Crippen LogP contribution in [0.4, 0.5) is 0 Å². The molecule has 1 atom stereocenters. The smallest absolute Gasteiger partial charge is 0.0409 e. The zero-order chi connectivity index (χ0) is 11.3. The molecule has 0 spiro atoms. The monoisotopic (exact) mass is 289 g/mol.